The Kier molecular flexibility index (Phi) is 3.51. The molecule has 17 heavy (non-hydrogen) atoms. The van der Waals surface area contributed by atoms with Gasteiger partial charge in [0.15, 0.2) is 0 Å². The second-order valence-electron chi connectivity index (χ2n) is 3.59. The van der Waals surface area contributed by atoms with Crippen molar-refractivity contribution >= 4 is 17.0 Å². The van der Waals surface area contributed by atoms with Crippen molar-refractivity contribution in [1.82, 2.24) is 0 Å². The summed E-state index contributed by atoms with van der Waals surface area (Å²) in [5.74, 6) is 0. The van der Waals surface area contributed by atoms with Crippen molar-refractivity contribution in [1.29, 1.82) is 0 Å². The maximum absolute atomic E-state index is 10.9. The van der Waals surface area contributed by atoms with Crippen LogP contribution in [-0.4, -0.2) is 16.6 Å². The molecule has 0 atom stereocenters. The van der Waals surface area contributed by atoms with Crippen LogP contribution < -0.4 is 0 Å². The number of aliphatic hydroxyl groups is 1. The number of nitro benzene ring substituents is 1. The minimum absolute atomic E-state index is 0.0720. The molecule has 0 amide bonds. The smallest absolute Gasteiger partial charge is 0.273 e. The van der Waals surface area contributed by atoms with Gasteiger partial charge in [0, 0.05) is 24.7 Å². The molecule has 1 aromatic carbocycles. The molecule has 0 aliphatic rings. The lowest BCUT2D eigenvalue weighted by Crippen LogP contribution is -1.98. The SMILES string of the molecule is O=[N+]([O-])c1cc(-c2ccsc2)ccc1CCO. The maximum Gasteiger partial charge on any atom is 0.273 e. The first-order valence-electron chi connectivity index (χ1n) is 5.13. The lowest BCUT2D eigenvalue weighted by molar-refractivity contribution is -0.385. The van der Waals surface area contributed by atoms with E-state index in [4.69, 9.17) is 5.11 Å². The van der Waals surface area contributed by atoms with Gasteiger partial charge < -0.3 is 5.11 Å². The van der Waals surface area contributed by atoms with Crippen molar-refractivity contribution < 1.29 is 10.0 Å². The molecule has 0 saturated carbocycles. The third-order valence-electron chi connectivity index (χ3n) is 2.52. The van der Waals surface area contributed by atoms with Crippen LogP contribution in [0, 0.1) is 10.1 Å². The summed E-state index contributed by atoms with van der Waals surface area (Å²) in [4.78, 5) is 10.5. The number of hydrogen-bond donors (Lipinski definition) is 1. The van der Waals surface area contributed by atoms with Gasteiger partial charge >= 0.3 is 0 Å². The summed E-state index contributed by atoms with van der Waals surface area (Å²) in [5.41, 5.74) is 2.45. The van der Waals surface area contributed by atoms with Gasteiger partial charge in [-0.25, -0.2) is 0 Å². The zero-order chi connectivity index (χ0) is 12.3. The summed E-state index contributed by atoms with van der Waals surface area (Å²) in [5, 5.41) is 23.7. The highest BCUT2D eigenvalue weighted by atomic mass is 32.1. The molecule has 2 rings (SSSR count). The van der Waals surface area contributed by atoms with E-state index in [-0.39, 0.29) is 12.3 Å². The number of aliphatic hydroxyl groups excluding tert-OH is 1. The van der Waals surface area contributed by atoms with Crippen molar-refractivity contribution in [2.24, 2.45) is 0 Å². The molecule has 0 radical (unpaired) electrons. The van der Waals surface area contributed by atoms with E-state index in [1.165, 1.54) is 0 Å². The van der Waals surface area contributed by atoms with Gasteiger partial charge in [-0.1, -0.05) is 12.1 Å². The molecule has 0 bridgehead atoms. The van der Waals surface area contributed by atoms with Crippen molar-refractivity contribution in [2.45, 2.75) is 6.42 Å². The van der Waals surface area contributed by atoms with Crippen molar-refractivity contribution in [2.75, 3.05) is 6.61 Å². The Morgan fingerprint density at radius 1 is 1.29 bits per heavy atom. The predicted molar refractivity (Wildman–Crippen MR) is 67.2 cm³/mol. The van der Waals surface area contributed by atoms with Gasteiger partial charge in [0.25, 0.3) is 5.69 Å². The van der Waals surface area contributed by atoms with Crippen LogP contribution in [0.25, 0.3) is 11.1 Å². The summed E-state index contributed by atoms with van der Waals surface area (Å²) < 4.78 is 0. The van der Waals surface area contributed by atoms with Crippen molar-refractivity contribution in [3.8, 4) is 11.1 Å². The molecule has 88 valence electrons. The standard InChI is InChI=1S/C12H11NO3S/c14-5-3-9-1-2-10(7-12(9)13(15)16)11-4-6-17-8-11/h1-2,4,6-8,14H,3,5H2. The van der Waals surface area contributed by atoms with Gasteiger partial charge in [0.1, 0.15) is 0 Å². The molecule has 5 heteroatoms. The zero-order valence-electron chi connectivity index (χ0n) is 9.00. The summed E-state index contributed by atoms with van der Waals surface area (Å²) in [6, 6.07) is 7.05. The number of thiophene rings is 1. The first-order chi connectivity index (χ1) is 8.22. The highest BCUT2D eigenvalue weighted by Crippen LogP contribution is 2.28. The van der Waals surface area contributed by atoms with Gasteiger partial charge in [0.05, 0.1) is 4.92 Å². The topological polar surface area (TPSA) is 63.4 Å². The molecular formula is C12H11NO3S. The molecule has 0 saturated heterocycles. The van der Waals surface area contributed by atoms with Crippen LogP contribution in [0.15, 0.2) is 35.0 Å². The maximum atomic E-state index is 10.9. The molecule has 4 nitrogen and oxygen atoms in total. The van der Waals surface area contributed by atoms with Crippen LogP contribution in [0.4, 0.5) is 5.69 Å². The summed E-state index contributed by atoms with van der Waals surface area (Å²) >= 11 is 1.55. The fourth-order valence-electron chi connectivity index (χ4n) is 1.67. The molecule has 1 N–H and O–H groups in total. The van der Waals surface area contributed by atoms with Crippen LogP contribution in [0.2, 0.25) is 0 Å². The number of hydrogen-bond acceptors (Lipinski definition) is 4. The molecule has 2 aromatic rings. The first-order valence-corrected chi connectivity index (χ1v) is 6.07. The Morgan fingerprint density at radius 3 is 2.71 bits per heavy atom. The van der Waals surface area contributed by atoms with Gasteiger partial charge in [-0.3, -0.25) is 10.1 Å². The van der Waals surface area contributed by atoms with E-state index in [9.17, 15) is 10.1 Å². The van der Waals surface area contributed by atoms with E-state index in [0.717, 1.165) is 11.1 Å². The Hall–Kier alpha value is -1.72. The summed E-state index contributed by atoms with van der Waals surface area (Å²) in [6.45, 7) is -0.0847. The van der Waals surface area contributed by atoms with E-state index >= 15 is 0 Å². The Balaban J connectivity index is 2.45. The van der Waals surface area contributed by atoms with Crippen LogP contribution in [0.1, 0.15) is 5.56 Å². The highest BCUT2D eigenvalue weighted by molar-refractivity contribution is 7.08. The van der Waals surface area contributed by atoms with Gasteiger partial charge in [-0.15, -0.1) is 0 Å². The molecule has 0 spiro atoms. The van der Waals surface area contributed by atoms with Gasteiger partial charge in [0.2, 0.25) is 0 Å². The highest BCUT2D eigenvalue weighted by Gasteiger charge is 2.14. The average Bonchev–Trinajstić information content (AvgIpc) is 2.83. The molecule has 0 aliphatic heterocycles. The van der Waals surface area contributed by atoms with E-state index in [0.29, 0.717) is 12.0 Å². The fraction of sp³-hybridized carbons (Fsp3) is 0.167. The number of rotatable bonds is 4. The van der Waals surface area contributed by atoms with Crippen LogP contribution in [-0.2, 0) is 6.42 Å². The molecule has 1 heterocycles. The Labute approximate surface area is 102 Å². The third-order valence-corrected chi connectivity index (χ3v) is 3.20. The minimum atomic E-state index is -0.402. The number of benzene rings is 1. The molecule has 0 unspecified atom stereocenters. The lowest BCUT2D eigenvalue weighted by Gasteiger charge is -2.03. The monoisotopic (exact) mass is 249 g/mol. The Bertz CT molecular complexity index is 523. The number of nitro groups is 1. The predicted octanol–water partition coefficient (Wildman–Crippen LogP) is 2.86. The summed E-state index contributed by atoms with van der Waals surface area (Å²) in [7, 11) is 0. The molecule has 1 aromatic heterocycles. The van der Waals surface area contributed by atoms with Crippen LogP contribution in [0.5, 0.6) is 0 Å². The van der Waals surface area contributed by atoms with Crippen molar-refractivity contribution in [3.63, 3.8) is 0 Å². The zero-order valence-corrected chi connectivity index (χ0v) is 9.81. The lowest BCUT2D eigenvalue weighted by atomic mass is 10.0. The number of nitrogens with zero attached hydrogens (tertiary/aromatic N) is 1. The van der Waals surface area contributed by atoms with Crippen molar-refractivity contribution in [3.05, 3.63) is 50.7 Å². The van der Waals surface area contributed by atoms with E-state index in [1.54, 1.807) is 23.5 Å². The second kappa shape index (κ2) is 5.07. The van der Waals surface area contributed by atoms with Crippen LogP contribution >= 0.6 is 11.3 Å². The van der Waals surface area contributed by atoms with E-state index in [1.807, 2.05) is 22.9 Å². The van der Waals surface area contributed by atoms with Gasteiger partial charge in [-0.2, -0.15) is 11.3 Å². The van der Waals surface area contributed by atoms with Gasteiger partial charge in [-0.05, 0) is 28.0 Å². The Morgan fingerprint density at radius 2 is 2.12 bits per heavy atom. The third kappa shape index (κ3) is 2.51. The fourth-order valence-corrected chi connectivity index (χ4v) is 2.34. The molecule has 0 aliphatic carbocycles. The summed E-state index contributed by atoms with van der Waals surface area (Å²) in [6.07, 6.45) is 0.306. The molecule has 0 fully saturated rings. The minimum Gasteiger partial charge on any atom is -0.396 e. The average molecular weight is 249 g/mol. The van der Waals surface area contributed by atoms with E-state index < -0.39 is 4.92 Å². The normalized spacial score (nSPS) is 10.4. The largest absolute Gasteiger partial charge is 0.396 e. The molecular weight excluding hydrogens is 238 g/mol. The van der Waals surface area contributed by atoms with Crippen LogP contribution in [0.3, 0.4) is 0 Å². The van der Waals surface area contributed by atoms with E-state index in [2.05, 4.69) is 0 Å². The quantitative estimate of drug-likeness (QED) is 0.669. The first kappa shape index (κ1) is 11.8. The second-order valence-corrected chi connectivity index (χ2v) is 4.37.